The van der Waals surface area contributed by atoms with Gasteiger partial charge in [0.25, 0.3) is 0 Å². The number of nitrogens with zero attached hydrogens (tertiary/aromatic N) is 3. The maximum absolute atomic E-state index is 15.1. The molecule has 0 N–H and O–H groups in total. The summed E-state index contributed by atoms with van der Waals surface area (Å²) in [6, 6.07) is 17.1. The Morgan fingerprint density at radius 3 is 2.83 bits per heavy atom. The fourth-order valence-electron chi connectivity index (χ4n) is 6.73. The first kappa shape index (κ1) is 21.2. The van der Waals surface area contributed by atoms with Crippen LogP contribution >= 0.6 is 0 Å². The van der Waals surface area contributed by atoms with Crippen LogP contribution in [0.2, 0.25) is 0 Å². The third-order valence-corrected chi connectivity index (χ3v) is 8.38. The summed E-state index contributed by atoms with van der Waals surface area (Å²) in [5.41, 5.74) is 7.80. The average Bonchev–Trinajstić information content (AvgIpc) is 3.38. The second kappa shape index (κ2) is 7.70. The van der Waals surface area contributed by atoms with Gasteiger partial charge in [0.05, 0.1) is 23.3 Å². The Balaban J connectivity index is 1.41. The normalized spacial score (nSPS) is 27.2. The zero-order valence-corrected chi connectivity index (χ0v) is 20.2. The van der Waals surface area contributed by atoms with Crippen LogP contribution < -0.4 is 9.80 Å². The molecule has 36 heavy (non-hydrogen) atoms. The van der Waals surface area contributed by atoms with Crippen LogP contribution in [0.3, 0.4) is 0 Å². The fraction of sp³-hybridized carbons (Fsp3) is 0.219. The number of hydrogen-bond donors (Lipinski definition) is 0. The van der Waals surface area contributed by atoms with Gasteiger partial charge in [-0.15, -0.1) is 0 Å². The molecule has 3 unspecified atom stereocenters. The molecule has 2 heterocycles. The highest BCUT2D eigenvalue weighted by atomic mass is 19.1. The molecule has 0 radical (unpaired) electrons. The molecular weight excluding hydrogens is 445 g/mol. The lowest BCUT2D eigenvalue weighted by molar-refractivity contribution is 0.550. The van der Waals surface area contributed by atoms with Crippen molar-refractivity contribution in [1.29, 1.82) is 5.26 Å². The van der Waals surface area contributed by atoms with Crippen molar-refractivity contribution >= 4 is 17.1 Å². The Bertz CT molecular complexity index is 1530. The van der Waals surface area contributed by atoms with E-state index < -0.39 is 0 Å². The van der Waals surface area contributed by atoms with Gasteiger partial charge in [-0.3, -0.25) is 0 Å². The van der Waals surface area contributed by atoms with Gasteiger partial charge in [0.15, 0.2) is 0 Å². The number of para-hydroxylation sites is 1. The molecule has 0 saturated carbocycles. The third kappa shape index (κ3) is 2.77. The predicted octanol–water partition coefficient (Wildman–Crippen LogP) is 7.44. The van der Waals surface area contributed by atoms with Gasteiger partial charge in [-0.25, -0.2) is 4.39 Å². The molecule has 2 aromatic carbocycles. The molecule has 0 fully saturated rings. The highest BCUT2D eigenvalue weighted by molar-refractivity contribution is 5.83. The molecule has 0 saturated heterocycles. The number of rotatable bonds is 2. The number of allylic oxidation sites excluding steroid dienone is 7. The molecule has 4 heteroatoms. The van der Waals surface area contributed by atoms with E-state index in [4.69, 9.17) is 0 Å². The van der Waals surface area contributed by atoms with E-state index in [-0.39, 0.29) is 23.3 Å². The Morgan fingerprint density at radius 1 is 1.06 bits per heavy atom. The number of nitriles is 1. The molecule has 0 aromatic heterocycles. The maximum Gasteiger partial charge on any atom is 0.128 e. The van der Waals surface area contributed by atoms with Crippen molar-refractivity contribution in [3.05, 3.63) is 125 Å². The SMILES string of the molecule is CC12C=CC=CC1N(c1ccccc1C#N)c1ccc(N3C4=C(C(F)=CCC4)C4=CC=CCC43)cc12. The van der Waals surface area contributed by atoms with E-state index >= 15 is 4.39 Å². The minimum atomic E-state index is -0.248. The van der Waals surface area contributed by atoms with E-state index in [9.17, 15) is 5.26 Å². The Labute approximate surface area is 211 Å². The number of halogens is 1. The summed E-state index contributed by atoms with van der Waals surface area (Å²) in [6.45, 7) is 2.28. The first-order valence-corrected chi connectivity index (χ1v) is 12.7. The number of fused-ring (bicyclic) bond motifs is 5. The van der Waals surface area contributed by atoms with Crippen molar-refractivity contribution < 1.29 is 4.39 Å². The summed E-state index contributed by atoms with van der Waals surface area (Å²) in [4.78, 5) is 4.69. The smallest absolute Gasteiger partial charge is 0.128 e. The third-order valence-electron chi connectivity index (χ3n) is 8.38. The van der Waals surface area contributed by atoms with Crippen molar-refractivity contribution in [2.24, 2.45) is 0 Å². The van der Waals surface area contributed by atoms with Crippen LogP contribution in [0, 0.1) is 11.3 Å². The quantitative estimate of drug-likeness (QED) is 0.456. The number of hydrogen-bond acceptors (Lipinski definition) is 3. The van der Waals surface area contributed by atoms with Gasteiger partial charge in [0.1, 0.15) is 11.9 Å². The molecule has 176 valence electrons. The second-order valence-corrected chi connectivity index (χ2v) is 10.3. The van der Waals surface area contributed by atoms with Crippen molar-refractivity contribution in [3.63, 3.8) is 0 Å². The number of anilines is 3. The van der Waals surface area contributed by atoms with E-state index in [1.807, 2.05) is 24.3 Å². The van der Waals surface area contributed by atoms with Crippen LogP contribution in [0.4, 0.5) is 21.5 Å². The van der Waals surface area contributed by atoms with E-state index in [1.54, 1.807) is 6.08 Å². The van der Waals surface area contributed by atoms with E-state index in [1.165, 1.54) is 5.56 Å². The summed E-state index contributed by atoms with van der Waals surface area (Å²) in [6.07, 6.45) is 19.2. The summed E-state index contributed by atoms with van der Waals surface area (Å²) in [5.74, 6) is -0.0851. The van der Waals surface area contributed by atoms with Crippen molar-refractivity contribution in [3.8, 4) is 6.07 Å². The monoisotopic (exact) mass is 471 g/mol. The summed E-state index contributed by atoms with van der Waals surface area (Å²) < 4.78 is 15.1. The molecule has 3 aliphatic carbocycles. The molecular formula is C32H26FN3. The Hall–Kier alpha value is -4.10. The molecule has 5 aliphatic rings. The second-order valence-electron chi connectivity index (χ2n) is 10.3. The van der Waals surface area contributed by atoms with Crippen molar-refractivity contribution in [2.75, 3.05) is 9.80 Å². The van der Waals surface area contributed by atoms with E-state index in [0.29, 0.717) is 5.56 Å². The van der Waals surface area contributed by atoms with Crippen LogP contribution in [-0.4, -0.2) is 12.1 Å². The molecule has 3 atom stereocenters. The van der Waals surface area contributed by atoms with Crippen molar-refractivity contribution in [1.82, 2.24) is 0 Å². The average molecular weight is 472 g/mol. The van der Waals surface area contributed by atoms with Crippen LogP contribution in [0.5, 0.6) is 0 Å². The first-order valence-electron chi connectivity index (χ1n) is 12.7. The zero-order chi connectivity index (χ0) is 24.4. The van der Waals surface area contributed by atoms with Crippen LogP contribution in [-0.2, 0) is 5.41 Å². The largest absolute Gasteiger partial charge is 0.337 e. The van der Waals surface area contributed by atoms with Gasteiger partial charge in [-0.2, -0.15) is 5.26 Å². The predicted molar refractivity (Wildman–Crippen MR) is 143 cm³/mol. The lowest BCUT2D eigenvalue weighted by Crippen LogP contribution is -2.39. The van der Waals surface area contributed by atoms with E-state index in [0.717, 1.165) is 53.2 Å². The van der Waals surface area contributed by atoms with Crippen LogP contribution in [0.1, 0.15) is 37.3 Å². The summed E-state index contributed by atoms with van der Waals surface area (Å²) in [5, 5.41) is 9.85. The number of benzene rings is 2. The van der Waals surface area contributed by atoms with E-state index in [2.05, 4.69) is 83.5 Å². The molecule has 2 aromatic rings. The first-order chi connectivity index (χ1) is 17.6. The highest BCUT2D eigenvalue weighted by Gasteiger charge is 2.48. The van der Waals surface area contributed by atoms with Gasteiger partial charge in [0, 0.05) is 28.1 Å². The fourth-order valence-corrected chi connectivity index (χ4v) is 6.73. The van der Waals surface area contributed by atoms with Crippen molar-refractivity contribution in [2.45, 2.75) is 43.7 Å². The topological polar surface area (TPSA) is 30.3 Å². The molecule has 2 aliphatic heterocycles. The lowest BCUT2D eigenvalue weighted by atomic mass is 9.76. The van der Waals surface area contributed by atoms with Crippen LogP contribution in [0.15, 0.2) is 114 Å². The van der Waals surface area contributed by atoms with Gasteiger partial charge < -0.3 is 9.80 Å². The lowest BCUT2D eigenvalue weighted by Gasteiger charge is -2.35. The summed E-state index contributed by atoms with van der Waals surface area (Å²) in [7, 11) is 0. The molecule has 7 rings (SSSR count). The Kier molecular flexibility index (Phi) is 4.53. The van der Waals surface area contributed by atoms with Crippen LogP contribution in [0.25, 0.3) is 0 Å². The highest BCUT2D eigenvalue weighted by Crippen LogP contribution is 2.54. The molecule has 0 amide bonds. The summed E-state index contributed by atoms with van der Waals surface area (Å²) >= 11 is 0. The Morgan fingerprint density at radius 2 is 1.94 bits per heavy atom. The minimum Gasteiger partial charge on any atom is -0.337 e. The van der Waals surface area contributed by atoms with Gasteiger partial charge >= 0.3 is 0 Å². The molecule has 0 bridgehead atoms. The van der Waals surface area contributed by atoms with Gasteiger partial charge in [0.2, 0.25) is 0 Å². The zero-order valence-electron chi connectivity index (χ0n) is 20.2. The molecule has 3 nitrogen and oxygen atoms in total. The minimum absolute atomic E-state index is 0.0683. The molecule has 0 spiro atoms. The van der Waals surface area contributed by atoms with Gasteiger partial charge in [-0.05, 0) is 73.7 Å². The standard InChI is InChI=1S/C32H26FN3/c1-32-18-7-6-15-30(32)36(26-12-4-2-9-21(26)20-34)28-17-16-22(19-24(28)32)35-27-13-5-3-10-23(27)31-25(33)11-8-14-29(31)35/h2-7,9-12,15-19,27,30H,8,13-14H2,1H3. The van der Waals surface area contributed by atoms with Gasteiger partial charge in [-0.1, -0.05) is 54.7 Å². The maximum atomic E-state index is 15.1.